The summed E-state index contributed by atoms with van der Waals surface area (Å²) in [5.41, 5.74) is 1.80. The first-order valence-corrected chi connectivity index (χ1v) is 5.00. The molecule has 0 aliphatic carbocycles. The van der Waals surface area contributed by atoms with Crippen LogP contribution in [0.2, 0.25) is 0 Å². The van der Waals surface area contributed by atoms with Gasteiger partial charge in [-0.1, -0.05) is 6.07 Å². The van der Waals surface area contributed by atoms with Crippen LogP contribution in [-0.4, -0.2) is 16.2 Å². The molecule has 2 rings (SSSR count). The van der Waals surface area contributed by atoms with E-state index in [-0.39, 0.29) is 0 Å². The minimum Gasteiger partial charge on any atom is -0.329 e. The molecule has 2 aromatic rings. The molecule has 0 saturated carbocycles. The third-order valence-electron chi connectivity index (χ3n) is 1.80. The van der Waals surface area contributed by atoms with E-state index < -0.39 is 0 Å². The SMILES string of the molecule is CSc1cccc2[nH]c(C#N)nc12. The van der Waals surface area contributed by atoms with Crippen molar-refractivity contribution in [2.75, 3.05) is 6.26 Å². The second-order valence-electron chi connectivity index (χ2n) is 2.55. The Bertz CT molecular complexity index is 481. The maximum atomic E-state index is 8.65. The van der Waals surface area contributed by atoms with Crippen LogP contribution in [0.25, 0.3) is 11.0 Å². The Morgan fingerprint density at radius 1 is 1.54 bits per heavy atom. The Kier molecular flexibility index (Phi) is 1.95. The maximum absolute atomic E-state index is 8.65. The summed E-state index contributed by atoms with van der Waals surface area (Å²) in [4.78, 5) is 8.19. The zero-order valence-electron chi connectivity index (χ0n) is 7.03. The van der Waals surface area contributed by atoms with Gasteiger partial charge in [0.05, 0.1) is 5.52 Å². The molecule has 1 aromatic carbocycles. The predicted molar refractivity (Wildman–Crippen MR) is 52.6 cm³/mol. The summed E-state index contributed by atoms with van der Waals surface area (Å²) in [7, 11) is 0. The van der Waals surface area contributed by atoms with Gasteiger partial charge < -0.3 is 4.98 Å². The van der Waals surface area contributed by atoms with Crippen LogP contribution in [0.1, 0.15) is 5.82 Å². The fraction of sp³-hybridized carbons (Fsp3) is 0.111. The maximum Gasteiger partial charge on any atom is 0.211 e. The number of H-pyrrole nitrogens is 1. The number of nitrogens with zero attached hydrogens (tertiary/aromatic N) is 2. The van der Waals surface area contributed by atoms with E-state index in [0.29, 0.717) is 5.82 Å². The van der Waals surface area contributed by atoms with Crippen molar-refractivity contribution in [3.63, 3.8) is 0 Å². The number of para-hydroxylation sites is 1. The number of rotatable bonds is 1. The predicted octanol–water partition coefficient (Wildman–Crippen LogP) is 2.16. The smallest absolute Gasteiger partial charge is 0.211 e. The second-order valence-corrected chi connectivity index (χ2v) is 3.40. The molecule has 0 amide bonds. The van der Waals surface area contributed by atoms with Gasteiger partial charge in [0, 0.05) is 4.90 Å². The molecule has 64 valence electrons. The van der Waals surface area contributed by atoms with Gasteiger partial charge in [-0.3, -0.25) is 0 Å². The van der Waals surface area contributed by atoms with Crippen LogP contribution in [0.15, 0.2) is 23.1 Å². The number of benzene rings is 1. The third-order valence-corrected chi connectivity index (χ3v) is 2.57. The van der Waals surface area contributed by atoms with Gasteiger partial charge in [-0.2, -0.15) is 5.26 Å². The van der Waals surface area contributed by atoms with E-state index >= 15 is 0 Å². The van der Waals surface area contributed by atoms with Crippen molar-refractivity contribution in [2.24, 2.45) is 0 Å². The molecule has 0 spiro atoms. The van der Waals surface area contributed by atoms with E-state index in [9.17, 15) is 0 Å². The lowest BCUT2D eigenvalue weighted by molar-refractivity contribution is 1.24. The number of aromatic nitrogens is 2. The monoisotopic (exact) mass is 189 g/mol. The third kappa shape index (κ3) is 1.27. The normalized spacial score (nSPS) is 10.2. The van der Waals surface area contributed by atoms with E-state index in [2.05, 4.69) is 9.97 Å². The van der Waals surface area contributed by atoms with Gasteiger partial charge >= 0.3 is 0 Å². The van der Waals surface area contributed by atoms with Crippen molar-refractivity contribution < 1.29 is 0 Å². The van der Waals surface area contributed by atoms with Gasteiger partial charge in [0.2, 0.25) is 5.82 Å². The Hall–Kier alpha value is -1.47. The van der Waals surface area contributed by atoms with Crippen molar-refractivity contribution in [3.8, 4) is 6.07 Å². The summed E-state index contributed by atoms with van der Waals surface area (Å²) in [6.45, 7) is 0. The van der Waals surface area contributed by atoms with Crippen molar-refractivity contribution in [3.05, 3.63) is 24.0 Å². The minimum absolute atomic E-state index is 0.372. The average molecular weight is 189 g/mol. The van der Waals surface area contributed by atoms with Crippen LogP contribution in [-0.2, 0) is 0 Å². The van der Waals surface area contributed by atoms with Crippen LogP contribution < -0.4 is 0 Å². The van der Waals surface area contributed by atoms with Gasteiger partial charge in [-0.05, 0) is 18.4 Å². The zero-order chi connectivity index (χ0) is 9.26. The molecule has 1 heterocycles. The summed E-state index contributed by atoms with van der Waals surface area (Å²) < 4.78 is 0. The van der Waals surface area contributed by atoms with Crippen molar-refractivity contribution in [1.82, 2.24) is 9.97 Å². The van der Waals surface area contributed by atoms with Crippen LogP contribution >= 0.6 is 11.8 Å². The van der Waals surface area contributed by atoms with Gasteiger partial charge in [0.1, 0.15) is 11.6 Å². The van der Waals surface area contributed by atoms with Crippen molar-refractivity contribution in [2.45, 2.75) is 4.90 Å². The molecule has 13 heavy (non-hydrogen) atoms. The van der Waals surface area contributed by atoms with E-state index in [1.165, 1.54) is 0 Å². The first kappa shape index (κ1) is 8.14. The van der Waals surface area contributed by atoms with Crippen molar-refractivity contribution >= 4 is 22.8 Å². The molecule has 0 atom stereocenters. The highest BCUT2D eigenvalue weighted by Crippen LogP contribution is 2.23. The van der Waals surface area contributed by atoms with Crippen LogP contribution in [0.3, 0.4) is 0 Å². The second kappa shape index (κ2) is 3.11. The van der Waals surface area contributed by atoms with E-state index in [4.69, 9.17) is 5.26 Å². The lowest BCUT2D eigenvalue weighted by atomic mass is 10.3. The number of thioether (sulfide) groups is 1. The fourth-order valence-electron chi connectivity index (χ4n) is 1.22. The highest BCUT2D eigenvalue weighted by molar-refractivity contribution is 7.98. The summed E-state index contributed by atoms with van der Waals surface area (Å²) >= 11 is 1.63. The molecule has 0 aliphatic heterocycles. The zero-order valence-corrected chi connectivity index (χ0v) is 7.85. The molecule has 0 bridgehead atoms. The van der Waals surface area contributed by atoms with Gasteiger partial charge in [-0.25, -0.2) is 4.98 Å². The molecule has 0 saturated heterocycles. The van der Waals surface area contributed by atoms with Crippen LogP contribution in [0.5, 0.6) is 0 Å². The standard InChI is InChI=1S/C9H7N3S/c1-13-7-4-2-3-6-9(7)12-8(5-10)11-6/h2-4H,1H3,(H,11,12). The van der Waals surface area contributed by atoms with Crippen molar-refractivity contribution in [1.29, 1.82) is 5.26 Å². The Balaban J connectivity index is 2.76. The molecule has 0 fully saturated rings. The fourth-order valence-corrected chi connectivity index (χ4v) is 1.79. The molecular formula is C9H7N3S. The molecule has 1 N–H and O–H groups in total. The number of hydrogen-bond acceptors (Lipinski definition) is 3. The van der Waals surface area contributed by atoms with Crippen LogP contribution in [0.4, 0.5) is 0 Å². The van der Waals surface area contributed by atoms with Crippen LogP contribution in [0, 0.1) is 11.3 Å². The molecule has 1 aromatic heterocycles. The summed E-state index contributed by atoms with van der Waals surface area (Å²) in [5.74, 6) is 0.372. The summed E-state index contributed by atoms with van der Waals surface area (Å²) in [6, 6.07) is 7.86. The Morgan fingerprint density at radius 2 is 2.38 bits per heavy atom. The Labute approximate surface area is 79.8 Å². The largest absolute Gasteiger partial charge is 0.329 e. The molecule has 3 nitrogen and oxygen atoms in total. The average Bonchev–Trinajstić information content (AvgIpc) is 2.59. The number of nitriles is 1. The molecule has 0 unspecified atom stereocenters. The highest BCUT2D eigenvalue weighted by atomic mass is 32.2. The number of hydrogen-bond donors (Lipinski definition) is 1. The van der Waals surface area contributed by atoms with E-state index in [1.807, 2.05) is 30.5 Å². The first-order valence-electron chi connectivity index (χ1n) is 3.78. The topological polar surface area (TPSA) is 52.5 Å². The van der Waals surface area contributed by atoms with E-state index in [0.717, 1.165) is 15.9 Å². The van der Waals surface area contributed by atoms with Gasteiger partial charge in [0.15, 0.2) is 0 Å². The van der Waals surface area contributed by atoms with Gasteiger partial charge in [0.25, 0.3) is 0 Å². The minimum atomic E-state index is 0.372. The molecule has 0 radical (unpaired) electrons. The van der Waals surface area contributed by atoms with Gasteiger partial charge in [-0.15, -0.1) is 11.8 Å². The summed E-state index contributed by atoms with van der Waals surface area (Å²) in [6.07, 6.45) is 2.00. The quantitative estimate of drug-likeness (QED) is 0.699. The number of nitrogens with one attached hydrogen (secondary N) is 1. The number of aromatic amines is 1. The lowest BCUT2D eigenvalue weighted by Gasteiger charge is -1.94. The lowest BCUT2D eigenvalue weighted by Crippen LogP contribution is -1.74. The first-order chi connectivity index (χ1) is 6.35. The summed E-state index contributed by atoms with van der Waals surface area (Å²) in [5, 5.41) is 8.65. The highest BCUT2D eigenvalue weighted by Gasteiger charge is 2.04. The molecule has 0 aliphatic rings. The Morgan fingerprint density at radius 3 is 3.08 bits per heavy atom. The van der Waals surface area contributed by atoms with E-state index in [1.54, 1.807) is 11.8 Å². The molecular weight excluding hydrogens is 182 g/mol. The molecule has 4 heteroatoms. The number of imidazole rings is 1. The number of fused-ring (bicyclic) bond motifs is 1.